The third kappa shape index (κ3) is 4.87. The van der Waals surface area contributed by atoms with Gasteiger partial charge in [-0.1, -0.05) is 24.3 Å². The van der Waals surface area contributed by atoms with Gasteiger partial charge in [0.25, 0.3) is 5.91 Å². The minimum Gasteiger partial charge on any atom is -0.383 e. The van der Waals surface area contributed by atoms with Crippen LogP contribution in [0.1, 0.15) is 10.4 Å². The number of carbonyl (C=O) groups excluding carboxylic acids is 1. The number of methoxy groups -OCH3 is 1. The maximum Gasteiger partial charge on any atom is 0.253 e. The molecule has 2 aromatic carbocycles. The van der Waals surface area contributed by atoms with Crippen LogP contribution in [-0.2, 0) is 4.74 Å². The molecule has 27 heavy (non-hydrogen) atoms. The molecule has 0 aliphatic carbocycles. The molecule has 1 aliphatic rings. The molecule has 1 heterocycles. The molecule has 0 unspecified atom stereocenters. The van der Waals surface area contributed by atoms with Crippen LogP contribution >= 0.6 is 0 Å². The number of carbonyl (C=O) groups is 1. The fraction of sp³-hybridized carbons (Fsp3) is 0.409. The van der Waals surface area contributed by atoms with E-state index in [1.54, 1.807) is 7.11 Å². The van der Waals surface area contributed by atoms with Gasteiger partial charge in [0.1, 0.15) is 0 Å². The third-order valence-electron chi connectivity index (χ3n) is 5.08. The summed E-state index contributed by atoms with van der Waals surface area (Å²) < 4.78 is 5.14. The molecule has 0 spiro atoms. The fourth-order valence-corrected chi connectivity index (χ4v) is 3.37. The van der Waals surface area contributed by atoms with Crippen LogP contribution in [0, 0.1) is 0 Å². The molecule has 5 nitrogen and oxygen atoms in total. The Labute approximate surface area is 162 Å². The standard InChI is InChI=1S/C22H29N3O2/c1-23(2)21-9-5-7-19(17-21)18-6-4-8-20(16-18)22(26)25-12-10-24(11-13-25)14-15-27-3/h4-9,16-17H,10-15H2,1-3H3. The smallest absolute Gasteiger partial charge is 0.253 e. The van der Waals surface area contributed by atoms with E-state index >= 15 is 0 Å². The lowest BCUT2D eigenvalue weighted by molar-refractivity contribution is 0.0594. The minimum atomic E-state index is 0.118. The zero-order valence-electron chi connectivity index (χ0n) is 16.5. The Hall–Kier alpha value is -2.37. The number of anilines is 1. The van der Waals surface area contributed by atoms with Gasteiger partial charge in [-0.3, -0.25) is 9.69 Å². The van der Waals surface area contributed by atoms with Gasteiger partial charge >= 0.3 is 0 Å². The van der Waals surface area contributed by atoms with Gasteiger partial charge < -0.3 is 14.5 Å². The summed E-state index contributed by atoms with van der Waals surface area (Å²) in [5.74, 6) is 0.118. The van der Waals surface area contributed by atoms with Crippen molar-refractivity contribution >= 4 is 11.6 Å². The summed E-state index contributed by atoms with van der Waals surface area (Å²) in [5, 5.41) is 0. The summed E-state index contributed by atoms with van der Waals surface area (Å²) in [6, 6.07) is 16.3. The second-order valence-electron chi connectivity index (χ2n) is 7.15. The maximum absolute atomic E-state index is 13.0. The van der Waals surface area contributed by atoms with E-state index < -0.39 is 0 Å². The summed E-state index contributed by atoms with van der Waals surface area (Å²) in [4.78, 5) is 19.3. The zero-order valence-corrected chi connectivity index (χ0v) is 16.5. The second-order valence-corrected chi connectivity index (χ2v) is 7.15. The van der Waals surface area contributed by atoms with Crippen LogP contribution in [0.15, 0.2) is 48.5 Å². The van der Waals surface area contributed by atoms with Gasteiger partial charge in [0.15, 0.2) is 0 Å². The Morgan fingerprint density at radius 1 is 1.00 bits per heavy atom. The lowest BCUT2D eigenvalue weighted by Crippen LogP contribution is -2.49. The Bertz CT molecular complexity index is 768. The lowest BCUT2D eigenvalue weighted by atomic mass is 10.0. The number of rotatable bonds is 6. The Morgan fingerprint density at radius 3 is 2.33 bits per heavy atom. The van der Waals surface area contributed by atoms with E-state index in [0.717, 1.165) is 61.7 Å². The van der Waals surface area contributed by atoms with Crippen molar-refractivity contribution in [2.45, 2.75) is 0 Å². The molecule has 0 aromatic heterocycles. The van der Waals surface area contributed by atoms with Gasteiger partial charge in [-0.05, 0) is 35.4 Å². The number of amides is 1. The molecule has 0 N–H and O–H groups in total. The van der Waals surface area contributed by atoms with Gasteiger partial charge in [-0.25, -0.2) is 0 Å². The second kappa shape index (κ2) is 9.02. The molecule has 0 bridgehead atoms. The van der Waals surface area contributed by atoms with E-state index in [1.165, 1.54) is 0 Å². The molecule has 0 saturated carbocycles. The molecule has 1 fully saturated rings. The van der Waals surface area contributed by atoms with E-state index in [-0.39, 0.29) is 5.91 Å². The number of piperazine rings is 1. The van der Waals surface area contributed by atoms with Crippen molar-refractivity contribution in [1.29, 1.82) is 0 Å². The predicted molar refractivity (Wildman–Crippen MR) is 110 cm³/mol. The van der Waals surface area contributed by atoms with Gasteiger partial charge in [0.05, 0.1) is 6.61 Å². The molecule has 0 atom stereocenters. The SMILES string of the molecule is COCCN1CCN(C(=O)c2cccc(-c3cccc(N(C)C)c3)c2)CC1. The van der Waals surface area contributed by atoms with Crippen molar-refractivity contribution in [3.63, 3.8) is 0 Å². The largest absolute Gasteiger partial charge is 0.383 e. The summed E-state index contributed by atoms with van der Waals surface area (Å²) in [5.41, 5.74) is 4.10. The molecule has 2 aromatic rings. The van der Waals surface area contributed by atoms with E-state index in [2.05, 4.69) is 40.1 Å². The highest BCUT2D eigenvalue weighted by Crippen LogP contribution is 2.25. The van der Waals surface area contributed by atoms with Crippen molar-refractivity contribution in [2.24, 2.45) is 0 Å². The molecule has 1 amide bonds. The quantitative estimate of drug-likeness (QED) is 0.787. The first-order valence-corrected chi connectivity index (χ1v) is 9.47. The Balaban J connectivity index is 1.70. The van der Waals surface area contributed by atoms with Gasteiger partial charge in [0, 0.05) is 65.2 Å². The molecule has 0 radical (unpaired) electrons. The first-order valence-electron chi connectivity index (χ1n) is 9.47. The number of hydrogen-bond acceptors (Lipinski definition) is 4. The first-order chi connectivity index (χ1) is 13.1. The molecular formula is C22H29N3O2. The van der Waals surface area contributed by atoms with Crippen LogP contribution in [-0.4, -0.2) is 76.2 Å². The van der Waals surface area contributed by atoms with Crippen molar-refractivity contribution in [1.82, 2.24) is 9.80 Å². The number of hydrogen-bond donors (Lipinski definition) is 0. The minimum absolute atomic E-state index is 0.118. The predicted octanol–water partition coefficient (Wildman–Crippen LogP) is 2.82. The zero-order chi connectivity index (χ0) is 19.2. The Morgan fingerprint density at radius 2 is 1.67 bits per heavy atom. The molecule has 5 heteroatoms. The van der Waals surface area contributed by atoms with Crippen LogP contribution in [0.4, 0.5) is 5.69 Å². The monoisotopic (exact) mass is 367 g/mol. The molecular weight excluding hydrogens is 338 g/mol. The highest BCUT2D eigenvalue weighted by Gasteiger charge is 2.22. The number of ether oxygens (including phenoxy) is 1. The highest BCUT2D eigenvalue weighted by molar-refractivity contribution is 5.95. The number of nitrogens with zero attached hydrogens (tertiary/aromatic N) is 3. The fourth-order valence-electron chi connectivity index (χ4n) is 3.37. The third-order valence-corrected chi connectivity index (χ3v) is 5.08. The summed E-state index contributed by atoms with van der Waals surface area (Å²) in [6.45, 7) is 5.00. The molecule has 3 rings (SSSR count). The van der Waals surface area contributed by atoms with Gasteiger partial charge in [0.2, 0.25) is 0 Å². The summed E-state index contributed by atoms with van der Waals surface area (Å²) in [6.07, 6.45) is 0. The highest BCUT2D eigenvalue weighted by atomic mass is 16.5. The average molecular weight is 367 g/mol. The van der Waals surface area contributed by atoms with E-state index in [9.17, 15) is 4.79 Å². The van der Waals surface area contributed by atoms with E-state index in [4.69, 9.17) is 4.74 Å². The summed E-state index contributed by atoms with van der Waals surface area (Å²) in [7, 11) is 5.79. The van der Waals surface area contributed by atoms with Crippen LogP contribution < -0.4 is 4.90 Å². The molecule has 144 valence electrons. The van der Waals surface area contributed by atoms with Gasteiger partial charge in [-0.2, -0.15) is 0 Å². The lowest BCUT2D eigenvalue weighted by Gasteiger charge is -2.34. The van der Waals surface area contributed by atoms with Crippen LogP contribution in [0.25, 0.3) is 11.1 Å². The average Bonchev–Trinajstić information content (AvgIpc) is 2.72. The molecule has 1 saturated heterocycles. The van der Waals surface area contributed by atoms with Crippen LogP contribution in [0.2, 0.25) is 0 Å². The van der Waals surface area contributed by atoms with Crippen molar-refractivity contribution in [3.8, 4) is 11.1 Å². The van der Waals surface area contributed by atoms with Crippen LogP contribution in [0.5, 0.6) is 0 Å². The molecule has 1 aliphatic heterocycles. The Kier molecular flexibility index (Phi) is 6.48. The van der Waals surface area contributed by atoms with Crippen molar-refractivity contribution in [3.05, 3.63) is 54.1 Å². The van der Waals surface area contributed by atoms with Crippen molar-refractivity contribution in [2.75, 3.05) is 65.4 Å². The van der Waals surface area contributed by atoms with Gasteiger partial charge in [-0.15, -0.1) is 0 Å². The normalized spacial score (nSPS) is 15.0. The van der Waals surface area contributed by atoms with Crippen molar-refractivity contribution < 1.29 is 9.53 Å². The van der Waals surface area contributed by atoms with E-state index in [1.807, 2.05) is 37.2 Å². The maximum atomic E-state index is 13.0. The number of benzene rings is 2. The summed E-state index contributed by atoms with van der Waals surface area (Å²) >= 11 is 0. The first kappa shape index (κ1) is 19.4. The van der Waals surface area contributed by atoms with Crippen LogP contribution in [0.3, 0.4) is 0 Å². The topological polar surface area (TPSA) is 36.0 Å². The van der Waals surface area contributed by atoms with E-state index in [0.29, 0.717) is 0 Å².